The van der Waals surface area contributed by atoms with Crippen molar-refractivity contribution in [2.45, 2.75) is 24.3 Å². The summed E-state index contributed by atoms with van der Waals surface area (Å²) < 4.78 is 10.8. The summed E-state index contributed by atoms with van der Waals surface area (Å²) in [4.78, 5) is 26.0. The van der Waals surface area contributed by atoms with E-state index in [1.54, 1.807) is 0 Å². The van der Waals surface area contributed by atoms with Crippen molar-refractivity contribution in [1.82, 2.24) is 4.90 Å². The van der Waals surface area contributed by atoms with Crippen molar-refractivity contribution >= 4 is 12.1 Å². The fraction of sp³-hybridized carbons (Fsp3) is 0.364. The zero-order chi connectivity index (χ0) is 19.7. The Morgan fingerprint density at radius 2 is 1.71 bits per heavy atom. The predicted molar refractivity (Wildman–Crippen MR) is 103 cm³/mol. The number of carboxylic acids is 1. The van der Waals surface area contributed by atoms with Gasteiger partial charge < -0.3 is 14.6 Å². The third-order valence-corrected chi connectivity index (χ3v) is 5.83. The van der Waals surface area contributed by atoms with E-state index >= 15 is 0 Å². The largest absolute Gasteiger partial charge is 0.479 e. The van der Waals surface area contributed by atoms with Crippen LogP contribution in [0.3, 0.4) is 0 Å². The summed E-state index contributed by atoms with van der Waals surface area (Å²) in [7, 11) is 1.44. The van der Waals surface area contributed by atoms with E-state index in [-0.39, 0.29) is 19.1 Å². The molecule has 0 unspecified atom stereocenters. The standard InChI is InChI=1S/C22H23NO5/c1-27-14-22(20(24)25)11-6-12-23(22)21(26)28-13-19-17-9-4-2-7-15(17)16-8-3-5-10-18(16)19/h2-5,7-10,19H,6,11-14H2,1H3,(H,24,25)/t22-/m1/s1. The van der Waals surface area contributed by atoms with Crippen molar-refractivity contribution in [2.75, 3.05) is 26.9 Å². The van der Waals surface area contributed by atoms with Gasteiger partial charge in [-0.1, -0.05) is 48.5 Å². The van der Waals surface area contributed by atoms with E-state index in [0.29, 0.717) is 19.4 Å². The molecule has 0 bridgehead atoms. The van der Waals surface area contributed by atoms with Gasteiger partial charge in [-0.15, -0.1) is 0 Å². The molecule has 1 saturated heterocycles. The van der Waals surface area contributed by atoms with Crippen molar-refractivity contribution in [3.63, 3.8) is 0 Å². The van der Waals surface area contributed by atoms with Crippen molar-refractivity contribution in [3.05, 3.63) is 59.7 Å². The van der Waals surface area contributed by atoms with Crippen molar-refractivity contribution in [3.8, 4) is 11.1 Å². The second kappa shape index (κ2) is 7.28. The van der Waals surface area contributed by atoms with Crippen LogP contribution in [0.4, 0.5) is 4.79 Å². The van der Waals surface area contributed by atoms with E-state index in [0.717, 1.165) is 22.3 Å². The molecule has 0 spiro atoms. The van der Waals surface area contributed by atoms with E-state index in [9.17, 15) is 14.7 Å². The van der Waals surface area contributed by atoms with Gasteiger partial charge in [0.1, 0.15) is 6.61 Å². The van der Waals surface area contributed by atoms with Gasteiger partial charge in [-0.25, -0.2) is 9.59 Å². The Balaban J connectivity index is 1.55. The van der Waals surface area contributed by atoms with Gasteiger partial charge in [-0.05, 0) is 35.1 Å². The number of nitrogens with zero attached hydrogens (tertiary/aromatic N) is 1. The maximum atomic E-state index is 12.8. The number of carbonyl (C=O) groups is 2. The smallest absolute Gasteiger partial charge is 0.410 e. The van der Waals surface area contributed by atoms with Crippen LogP contribution in [0.25, 0.3) is 11.1 Å². The van der Waals surface area contributed by atoms with Crippen LogP contribution in [-0.2, 0) is 14.3 Å². The van der Waals surface area contributed by atoms with Crippen molar-refractivity contribution < 1.29 is 24.2 Å². The summed E-state index contributed by atoms with van der Waals surface area (Å²) in [5.41, 5.74) is 3.20. The Hall–Kier alpha value is -2.86. The minimum Gasteiger partial charge on any atom is -0.479 e. The van der Waals surface area contributed by atoms with Gasteiger partial charge in [0, 0.05) is 19.6 Å². The highest BCUT2D eigenvalue weighted by Crippen LogP contribution is 2.44. The summed E-state index contributed by atoms with van der Waals surface area (Å²) in [6.45, 7) is 0.477. The molecule has 2 aliphatic rings. The molecule has 1 N–H and O–H groups in total. The molecule has 1 aliphatic heterocycles. The summed E-state index contributed by atoms with van der Waals surface area (Å²) >= 11 is 0. The Kier molecular flexibility index (Phi) is 4.81. The van der Waals surface area contributed by atoms with Crippen molar-refractivity contribution in [2.24, 2.45) is 0 Å². The van der Waals surface area contributed by atoms with Gasteiger partial charge >= 0.3 is 12.1 Å². The number of aliphatic carboxylic acids is 1. The van der Waals surface area contributed by atoms with Crippen LogP contribution in [-0.4, -0.2) is 54.5 Å². The van der Waals surface area contributed by atoms with E-state index in [1.807, 2.05) is 24.3 Å². The Bertz CT molecular complexity index is 866. The lowest BCUT2D eigenvalue weighted by molar-refractivity contribution is -0.152. The first-order chi connectivity index (χ1) is 13.6. The highest BCUT2D eigenvalue weighted by Gasteiger charge is 2.51. The van der Waals surface area contributed by atoms with Gasteiger partial charge in [0.25, 0.3) is 0 Å². The zero-order valence-corrected chi connectivity index (χ0v) is 15.8. The maximum Gasteiger partial charge on any atom is 0.410 e. The zero-order valence-electron chi connectivity index (χ0n) is 15.8. The number of hydrogen-bond donors (Lipinski definition) is 1. The third kappa shape index (κ3) is 2.85. The first-order valence-electron chi connectivity index (χ1n) is 9.43. The van der Waals surface area contributed by atoms with E-state index < -0.39 is 17.6 Å². The number of likely N-dealkylation sites (tertiary alicyclic amines) is 1. The van der Waals surface area contributed by atoms with Crippen LogP contribution < -0.4 is 0 Å². The number of hydrogen-bond acceptors (Lipinski definition) is 4. The van der Waals surface area contributed by atoms with Crippen LogP contribution in [0.1, 0.15) is 29.9 Å². The number of rotatable bonds is 5. The quantitative estimate of drug-likeness (QED) is 0.858. The summed E-state index contributed by atoms with van der Waals surface area (Å²) in [5.74, 6) is -1.11. The summed E-state index contributed by atoms with van der Waals surface area (Å²) in [6.07, 6.45) is 0.374. The molecule has 0 aromatic heterocycles. The second-order valence-electron chi connectivity index (χ2n) is 7.33. The van der Waals surface area contributed by atoms with Crippen LogP contribution >= 0.6 is 0 Å². The molecule has 1 atom stereocenters. The number of ether oxygens (including phenoxy) is 2. The second-order valence-corrected chi connectivity index (χ2v) is 7.33. The average Bonchev–Trinajstić information content (AvgIpc) is 3.27. The molecule has 2 aromatic rings. The Morgan fingerprint density at radius 3 is 2.29 bits per heavy atom. The lowest BCUT2D eigenvalue weighted by Crippen LogP contribution is -2.56. The molecular weight excluding hydrogens is 358 g/mol. The molecule has 4 rings (SSSR count). The number of methoxy groups -OCH3 is 1. The van der Waals surface area contributed by atoms with Gasteiger partial charge in [0.05, 0.1) is 6.61 Å². The number of carbonyl (C=O) groups excluding carboxylic acids is 1. The Labute approximate surface area is 163 Å². The first kappa shape index (κ1) is 18.5. The molecule has 1 fully saturated rings. The van der Waals surface area contributed by atoms with Gasteiger partial charge in [-0.2, -0.15) is 0 Å². The predicted octanol–water partition coefficient (Wildman–Crippen LogP) is 3.50. The molecular formula is C22H23NO5. The average molecular weight is 381 g/mol. The van der Waals surface area contributed by atoms with Crippen molar-refractivity contribution in [1.29, 1.82) is 0 Å². The molecule has 6 heteroatoms. The van der Waals surface area contributed by atoms with Gasteiger partial charge in [0.2, 0.25) is 0 Å². The number of carboxylic acid groups (broad SMARTS) is 1. The molecule has 6 nitrogen and oxygen atoms in total. The van der Waals surface area contributed by atoms with Crippen LogP contribution in [0, 0.1) is 0 Å². The Morgan fingerprint density at radius 1 is 1.11 bits per heavy atom. The minimum atomic E-state index is -1.35. The molecule has 28 heavy (non-hydrogen) atoms. The summed E-state index contributed by atoms with van der Waals surface area (Å²) in [5, 5.41) is 9.72. The SMILES string of the molecule is COC[C@@]1(C(=O)O)CCCN1C(=O)OCC1c2ccccc2-c2ccccc21. The molecule has 0 saturated carbocycles. The van der Waals surface area contributed by atoms with E-state index in [4.69, 9.17) is 9.47 Å². The maximum absolute atomic E-state index is 12.8. The van der Waals surface area contributed by atoms with E-state index in [2.05, 4.69) is 24.3 Å². The van der Waals surface area contributed by atoms with E-state index in [1.165, 1.54) is 12.0 Å². The monoisotopic (exact) mass is 381 g/mol. The van der Waals surface area contributed by atoms with Gasteiger partial charge in [0.15, 0.2) is 5.54 Å². The highest BCUT2D eigenvalue weighted by molar-refractivity contribution is 5.85. The molecule has 1 aliphatic carbocycles. The van der Waals surface area contributed by atoms with Gasteiger partial charge in [-0.3, -0.25) is 4.90 Å². The topological polar surface area (TPSA) is 76.1 Å². The minimum absolute atomic E-state index is 0.0491. The highest BCUT2D eigenvalue weighted by atomic mass is 16.6. The summed E-state index contributed by atoms with van der Waals surface area (Å²) in [6, 6.07) is 16.2. The molecule has 146 valence electrons. The molecule has 1 amide bonds. The fourth-order valence-corrected chi connectivity index (χ4v) is 4.49. The normalized spacial score (nSPS) is 20.7. The lowest BCUT2D eigenvalue weighted by Gasteiger charge is -2.33. The third-order valence-electron chi connectivity index (χ3n) is 5.83. The number of benzene rings is 2. The molecule has 2 aromatic carbocycles. The molecule has 0 radical (unpaired) electrons. The van der Waals surface area contributed by atoms with Crippen LogP contribution in [0.2, 0.25) is 0 Å². The fourth-order valence-electron chi connectivity index (χ4n) is 4.49. The van der Waals surface area contributed by atoms with Crippen LogP contribution in [0.5, 0.6) is 0 Å². The first-order valence-corrected chi connectivity index (χ1v) is 9.43. The van der Waals surface area contributed by atoms with Crippen LogP contribution in [0.15, 0.2) is 48.5 Å². The lowest BCUT2D eigenvalue weighted by atomic mass is 9.97. The number of fused-ring (bicyclic) bond motifs is 3. The molecule has 1 heterocycles. The number of amides is 1.